The molecule has 1 saturated heterocycles. The number of carboxylic acid groups (broad SMARTS) is 1. The Balaban J connectivity index is 1.86. The van der Waals surface area contributed by atoms with Gasteiger partial charge < -0.3 is 10.0 Å². The third-order valence-electron chi connectivity index (χ3n) is 3.94. The predicted octanol–water partition coefficient (Wildman–Crippen LogP) is 2.39. The molecular formula is C16H20FNO3. The summed E-state index contributed by atoms with van der Waals surface area (Å²) >= 11 is 0. The van der Waals surface area contributed by atoms with Gasteiger partial charge in [0.1, 0.15) is 5.82 Å². The number of rotatable bonds is 5. The van der Waals surface area contributed by atoms with Gasteiger partial charge in [-0.3, -0.25) is 9.59 Å². The molecule has 1 atom stereocenters. The Morgan fingerprint density at radius 2 is 2.14 bits per heavy atom. The molecule has 1 amide bonds. The Bertz CT molecular complexity index is 544. The predicted molar refractivity (Wildman–Crippen MR) is 76.4 cm³/mol. The number of amides is 1. The zero-order valence-electron chi connectivity index (χ0n) is 12.1. The smallest absolute Gasteiger partial charge is 0.303 e. The molecule has 0 radical (unpaired) electrons. The van der Waals surface area contributed by atoms with Gasteiger partial charge in [0.25, 0.3) is 0 Å². The Morgan fingerprint density at radius 1 is 1.38 bits per heavy atom. The highest BCUT2D eigenvalue weighted by atomic mass is 19.1. The second-order valence-corrected chi connectivity index (χ2v) is 5.68. The summed E-state index contributed by atoms with van der Waals surface area (Å²) in [6, 6.07) is 5.12. The third-order valence-corrected chi connectivity index (χ3v) is 3.94. The maximum Gasteiger partial charge on any atom is 0.303 e. The van der Waals surface area contributed by atoms with Crippen LogP contribution in [0.3, 0.4) is 0 Å². The van der Waals surface area contributed by atoms with Gasteiger partial charge in [0.2, 0.25) is 5.91 Å². The molecule has 1 unspecified atom stereocenters. The van der Waals surface area contributed by atoms with E-state index in [4.69, 9.17) is 5.11 Å². The molecule has 1 aliphatic heterocycles. The molecule has 4 nitrogen and oxygen atoms in total. The third kappa shape index (κ3) is 4.28. The van der Waals surface area contributed by atoms with Crippen molar-refractivity contribution in [3.8, 4) is 0 Å². The molecule has 21 heavy (non-hydrogen) atoms. The van der Waals surface area contributed by atoms with Crippen LogP contribution >= 0.6 is 0 Å². The quantitative estimate of drug-likeness (QED) is 0.907. The van der Waals surface area contributed by atoms with E-state index in [-0.39, 0.29) is 24.6 Å². The highest BCUT2D eigenvalue weighted by Gasteiger charge is 2.26. The van der Waals surface area contributed by atoms with E-state index in [0.717, 1.165) is 18.4 Å². The van der Waals surface area contributed by atoms with Crippen molar-refractivity contribution in [1.82, 2.24) is 4.90 Å². The van der Waals surface area contributed by atoms with E-state index in [1.807, 2.05) is 6.07 Å². The standard InChI is InChI=1S/C16H20FNO3/c1-11-8-12(2-3-14(11)17)9-13-6-7-18(10-13)15(19)4-5-16(20)21/h2-3,8,13H,4-7,9-10H2,1H3,(H,20,21). The first-order valence-electron chi connectivity index (χ1n) is 7.20. The number of benzene rings is 1. The van der Waals surface area contributed by atoms with Gasteiger partial charge in [0.05, 0.1) is 6.42 Å². The average Bonchev–Trinajstić information content (AvgIpc) is 2.89. The van der Waals surface area contributed by atoms with Gasteiger partial charge in [0, 0.05) is 19.5 Å². The molecule has 1 aromatic carbocycles. The van der Waals surface area contributed by atoms with Gasteiger partial charge >= 0.3 is 5.97 Å². The minimum absolute atomic E-state index is 0.0672. The number of aryl methyl sites for hydroxylation is 1. The van der Waals surface area contributed by atoms with Gasteiger partial charge in [-0.1, -0.05) is 12.1 Å². The number of carbonyl (C=O) groups excluding carboxylic acids is 1. The molecule has 2 rings (SSSR count). The second kappa shape index (κ2) is 6.70. The SMILES string of the molecule is Cc1cc(CC2CCN(C(=O)CCC(=O)O)C2)ccc1F. The fourth-order valence-corrected chi connectivity index (χ4v) is 2.76. The zero-order valence-corrected chi connectivity index (χ0v) is 12.1. The van der Waals surface area contributed by atoms with E-state index in [1.54, 1.807) is 17.9 Å². The summed E-state index contributed by atoms with van der Waals surface area (Å²) in [5.41, 5.74) is 1.72. The number of nitrogens with zero attached hydrogens (tertiary/aromatic N) is 1. The van der Waals surface area contributed by atoms with Crippen molar-refractivity contribution in [3.05, 3.63) is 35.1 Å². The number of halogens is 1. The molecule has 1 aromatic rings. The second-order valence-electron chi connectivity index (χ2n) is 5.68. The maximum atomic E-state index is 13.2. The normalized spacial score (nSPS) is 18.0. The van der Waals surface area contributed by atoms with Crippen LogP contribution in [0.25, 0.3) is 0 Å². The van der Waals surface area contributed by atoms with E-state index in [1.165, 1.54) is 6.07 Å². The first-order chi connectivity index (χ1) is 9.95. The van der Waals surface area contributed by atoms with Crippen LogP contribution in [0.4, 0.5) is 4.39 Å². The molecule has 1 N–H and O–H groups in total. The Morgan fingerprint density at radius 3 is 2.81 bits per heavy atom. The van der Waals surface area contributed by atoms with E-state index < -0.39 is 5.97 Å². The van der Waals surface area contributed by atoms with E-state index in [9.17, 15) is 14.0 Å². The summed E-state index contributed by atoms with van der Waals surface area (Å²) < 4.78 is 13.2. The van der Waals surface area contributed by atoms with Gasteiger partial charge in [-0.2, -0.15) is 0 Å². The summed E-state index contributed by atoms with van der Waals surface area (Å²) in [4.78, 5) is 24.1. The maximum absolute atomic E-state index is 13.2. The summed E-state index contributed by atoms with van der Waals surface area (Å²) in [5.74, 6) is -0.865. The minimum Gasteiger partial charge on any atom is -0.481 e. The van der Waals surface area contributed by atoms with E-state index in [2.05, 4.69) is 0 Å². The highest BCUT2D eigenvalue weighted by molar-refractivity contribution is 5.80. The number of hydrogen-bond acceptors (Lipinski definition) is 2. The first kappa shape index (κ1) is 15.5. The number of likely N-dealkylation sites (tertiary alicyclic amines) is 1. The molecule has 1 heterocycles. The van der Waals surface area contributed by atoms with Crippen LogP contribution in [0.1, 0.15) is 30.4 Å². The Labute approximate surface area is 123 Å². The van der Waals surface area contributed by atoms with Crippen molar-refractivity contribution in [1.29, 1.82) is 0 Å². The number of hydrogen-bond donors (Lipinski definition) is 1. The van der Waals surface area contributed by atoms with Crippen LogP contribution in [0.2, 0.25) is 0 Å². The topological polar surface area (TPSA) is 57.6 Å². The molecule has 0 bridgehead atoms. The summed E-state index contributed by atoms with van der Waals surface area (Å²) in [7, 11) is 0. The van der Waals surface area contributed by atoms with Crippen LogP contribution in [-0.2, 0) is 16.0 Å². The van der Waals surface area contributed by atoms with Crippen LogP contribution in [-0.4, -0.2) is 35.0 Å². The highest BCUT2D eigenvalue weighted by Crippen LogP contribution is 2.22. The molecule has 1 fully saturated rings. The molecule has 0 spiro atoms. The zero-order chi connectivity index (χ0) is 15.4. The Kier molecular flexibility index (Phi) is 4.94. The lowest BCUT2D eigenvalue weighted by Crippen LogP contribution is -2.29. The summed E-state index contributed by atoms with van der Waals surface area (Å²) in [6.45, 7) is 3.09. The van der Waals surface area contributed by atoms with E-state index >= 15 is 0 Å². The lowest BCUT2D eigenvalue weighted by atomic mass is 9.97. The van der Waals surface area contributed by atoms with Crippen molar-refractivity contribution >= 4 is 11.9 Å². The molecule has 0 aliphatic carbocycles. The average molecular weight is 293 g/mol. The molecule has 114 valence electrons. The van der Waals surface area contributed by atoms with Crippen molar-refractivity contribution in [2.45, 2.75) is 32.6 Å². The molecule has 0 saturated carbocycles. The number of carbonyl (C=O) groups is 2. The van der Waals surface area contributed by atoms with Gasteiger partial charge in [-0.05, 0) is 42.9 Å². The number of aliphatic carboxylic acids is 1. The molecule has 5 heteroatoms. The van der Waals surface area contributed by atoms with Gasteiger partial charge in [-0.15, -0.1) is 0 Å². The number of carboxylic acids is 1. The van der Waals surface area contributed by atoms with Gasteiger partial charge in [0.15, 0.2) is 0 Å². The van der Waals surface area contributed by atoms with Gasteiger partial charge in [-0.25, -0.2) is 4.39 Å². The summed E-state index contributed by atoms with van der Waals surface area (Å²) in [6.07, 6.45) is 1.69. The minimum atomic E-state index is -0.944. The van der Waals surface area contributed by atoms with Crippen molar-refractivity contribution in [3.63, 3.8) is 0 Å². The van der Waals surface area contributed by atoms with Crippen LogP contribution in [0.5, 0.6) is 0 Å². The monoisotopic (exact) mass is 293 g/mol. The van der Waals surface area contributed by atoms with Crippen LogP contribution in [0, 0.1) is 18.7 Å². The Hall–Kier alpha value is -1.91. The van der Waals surface area contributed by atoms with Crippen LogP contribution in [0.15, 0.2) is 18.2 Å². The fraction of sp³-hybridized carbons (Fsp3) is 0.500. The molecule has 0 aromatic heterocycles. The van der Waals surface area contributed by atoms with Crippen molar-refractivity contribution in [2.24, 2.45) is 5.92 Å². The summed E-state index contributed by atoms with van der Waals surface area (Å²) in [5, 5.41) is 8.60. The lowest BCUT2D eigenvalue weighted by molar-refractivity contribution is -0.140. The largest absolute Gasteiger partial charge is 0.481 e. The van der Waals surface area contributed by atoms with Crippen molar-refractivity contribution < 1.29 is 19.1 Å². The molecule has 1 aliphatic rings. The van der Waals surface area contributed by atoms with Crippen molar-refractivity contribution in [2.75, 3.05) is 13.1 Å². The van der Waals surface area contributed by atoms with E-state index in [0.29, 0.717) is 24.6 Å². The lowest BCUT2D eigenvalue weighted by Gasteiger charge is -2.16. The molecular weight excluding hydrogens is 273 g/mol. The van der Waals surface area contributed by atoms with Crippen LogP contribution < -0.4 is 0 Å². The fourth-order valence-electron chi connectivity index (χ4n) is 2.76. The first-order valence-corrected chi connectivity index (χ1v) is 7.20.